The van der Waals surface area contributed by atoms with Crippen molar-refractivity contribution in [3.63, 3.8) is 0 Å². The molecule has 15 heavy (non-hydrogen) atoms. The molecular formula is C11H20N2O2. The van der Waals surface area contributed by atoms with Crippen LogP contribution in [0.15, 0.2) is 0 Å². The number of rotatable bonds is 4. The summed E-state index contributed by atoms with van der Waals surface area (Å²) >= 11 is 0. The zero-order valence-electron chi connectivity index (χ0n) is 9.75. The lowest BCUT2D eigenvalue weighted by molar-refractivity contribution is -0.129. The highest BCUT2D eigenvalue weighted by Crippen LogP contribution is 2.21. The van der Waals surface area contributed by atoms with Crippen LogP contribution in [0.1, 0.15) is 33.1 Å². The Kier molecular flexibility index (Phi) is 4.27. The first kappa shape index (κ1) is 12.2. The van der Waals surface area contributed by atoms with E-state index in [1.807, 2.05) is 18.7 Å². The number of likely N-dealkylation sites (N-methyl/N-ethyl adjacent to an activating group) is 1. The minimum Gasteiger partial charge on any atom is -0.358 e. The normalized spacial score (nSPS) is 23.8. The molecule has 1 aliphatic rings. The Balaban J connectivity index is 2.67. The summed E-state index contributed by atoms with van der Waals surface area (Å²) in [4.78, 5) is 25.2. The lowest BCUT2D eigenvalue weighted by Gasteiger charge is -2.28. The van der Waals surface area contributed by atoms with E-state index >= 15 is 0 Å². The molecule has 86 valence electrons. The van der Waals surface area contributed by atoms with Gasteiger partial charge >= 0.3 is 0 Å². The number of hydrogen-bond acceptors (Lipinski definition) is 3. The molecule has 1 fully saturated rings. The van der Waals surface area contributed by atoms with E-state index in [-0.39, 0.29) is 23.8 Å². The molecule has 1 aliphatic heterocycles. The predicted octanol–water partition coefficient (Wildman–Crippen LogP) is 0.564. The van der Waals surface area contributed by atoms with Crippen LogP contribution < -0.4 is 5.32 Å². The number of nitrogens with zero attached hydrogens (tertiary/aromatic N) is 1. The van der Waals surface area contributed by atoms with Crippen LogP contribution in [0.3, 0.4) is 0 Å². The average Bonchev–Trinajstić information content (AvgIpc) is 2.74. The lowest BCUT2D eigenvalue weighted by Crippen LogP contribution is -2.48. The minimum atomic E-state index is -0.125. The Hall–Kier alpha value is -0.900. The number of amides is 1. The molecular weight excluding hydrogens is 192 g/mol. The van der Waals surface area contributed by atoms with Crippen molar-refractivity contribution in [2.75, 3.05) is 13.6 Å². The summed E-state index contributed by atoms with van der Waals surface area (Å²) in [7, 11) is 1.64. The first-order chi connectivity index (χ1) is 7.11. The van der Waals surface area contributed by atoms with Crippen LogP contribution in [-0.2, 0) is 9.59 Å². The summed E-state index contributed by atoms with van der Waals surface area (Å²) in [5, 5.41) is 2.66. The van der Waals surface area contributed by atoms with Gasteiger partial charge < -0.3 is 5.32 Å². The second kappa shape index (κ2) is 5.26. The molecule has 0 aromatic heterocycles. The Morgan fingerprint density at radius 3 is 2.73 bits per heavy atom. The van der Waals surface area contributed by atoms with Crippen molar-refractivity contribution in [1.82, 2.24) is 10.2 Å². The summed E-state index contributed by atoms with van der Waals surface area (Å²) in [6.07, 6.45) is 2.40. The van der Waals surface area contributed by atoms with Gasteiger partial charge in [-0.05, 0) is 26.3 Å². The smallest absolute Gasteiger partial charge is 0.237 e. The molecule has 1 amide bonds. The van der Waals surface area contributed by atoms with Crippen molar-refractivity contribution in [3.8, 4) is 0 Å². The maximum atomic E-state index is 11.6. The standard InChI is InChI=1S/C11H20N2O2/c1-4-10(14)8(2)13-7-5-6-9(13)11(15)12-3/h8-9H,4-7H2,1-3H3,(H,12,15). The molecule has 0 aromatic rings. The van der Waals surface area contributed by atoms with Crippen LogP contribution in [0, 0.1) is 0 Å². The predicted molar refractivity (Wildman–Crippen MR) is 58.6 cm³/mol. The molecule has 4 nitrogen and oxygen atoms in total. The summed E-state index contributed by atoms with van der Waals surface area (Å²) in [6.45, 7) is 4.61. The molecule has 1 rings (SSSR count). The van der Waals surface area contributed by atoms with Gasteiger partial charge in [0.1, 0.15) is 5.78 Å². The van der Waals surface area contributed by atoms with Gasteiger partial charge in [-0.2, -0.15) is 0 Å². The van der Waals surface area contributed by atoms with E-state index in [4.69, 9.17) is 0 Å². The van der Waals surface area contributed by atoms with Gasteiger partial charge in [-0.25, -0.2) is 0 Å². The molecule has 1 heterocycles. The van der Waals surface area contributed by atoms with Gasteiger partial charge in [0.15, 0.2) is 0 Å². The van der Waals surface area contributed by atoms with E-state index < -0.39 is 0 Å². The fourth-order valence-corrected chi connectivity index (χ4v) is 2.18. The fourth-order valence-electron chi connectivity index (χ4n) is 2.18. The van der Waals surface area contributed by atoms with Crippen LogP contribution >= 0.6 is 0 Å². The molecule has 0 bridgehead atoms. The molecule has 2 atom stereocenters. The molecule has 1 N–H and O–H groups in total. The van der Waals surface area contributed by atoms with Gasteiger partial charge in [0.05, 0.1) is 12.1 Å². The molecule has 0 aliphatic carbocycles. The molecule has 0 saturated carbocycles. The molecule has 0 spiro atoms. The first-order valence-electron chi connectivity index (χ1n) is 5.61. The van der Waals surface area contributed by atoms with Crippen molar-refractivity contribution in [3.05, 3.63) is 0 Å². The topological polar surface area (TPSA) is 49.4 Å². The van der Waals surface area contributed by atoms with Crippen LogP contribution in [0.2, 0.25) is 0 Å². The zero-order chi connectivity index (χ0) is 11.4. The summed E-state index contributed by atoms with van der Waals surface area (Å²) in [5.74, 6) is 0.244. The first-order valence-corrected chi connectivity index (χ1v) is 5.61. The third-order valence-corrected chi connectivity index (χ3v) is 3.16. The third kappa shape index (κ3) is 2.56. The highest BCUT2D eigenvalue weighted by atomic mass is 16.2. The monoisotopic (exact) mass is 212 g/mol. The van der Waals surface area contributed by atoms with Crippen molar-refractivity contribution in [2.45, 2.75) is 45.2 Å². The second-order valence-electron chi connectivity index (χ2n) is 4.01. The highest BCUT2D eigenvalue weighted by molar-refractivity contribution is 5.86. The van der Waals surface area contributed by atoms with E-state index in [1.54, 1.807) is 7.05 Å². The van der Waals surface area contributed by atoms with Gasteiger partial charge in [0.25, 0.3) is 0 Å². The van der Waals surface area contributed by atoms with Crippen molar-refractivity contribution in [2.24, 2.45) is 0 Å². The number of Topliss-reactive ketones (excluding diaryl/α,β-unsaturated/α-hetero) is 1. The van der Waals surface area contributed by atoms with Gasteiger partial charge in [-0.15, -0.1) is 0 Å². The number of likely N-dealkylation sites (tertiary alicyclic amines) is 1. The molecule has 4 heteroatoms. The number of nitrogens with one attached hydrogen (secondary N) is 1. The van der Waals surface area contributed by atoms with Crippen LogP contribution in [0.25, 0.3) is 0 Å². The maximum Gasteiger partial charge on any atom is 0.237 e. The number of hydrogen-bond donors (Lipinski definition) is 1. The Labute approximate surface area is 91.0 Å². The van der Waals surface area contributed by atoms with Gasteiger partial charge in [-0.3, -0.25) is 14.5 Å². The van der Waals surface area contributed by atoms with Crippen LogP contribution in [0.4, 0.5) is 0 Å². The van der Waals surface area contributed by atoms with Crippen molar-refractivity contribution >= 4 is 11.7 Å². The Morgan fingerprint density at radius 1 is 1.53 bits per heavy atom. The average molecular weight is 212 g/mol. The van der Waals surface area contributed by atoms with E-state index in [1.165, 1.54) is 0 Å². The number of ketones is 1. The number of carbonyl (C=O) groups excluding carboxylic acids is 2. The van der Waals surface area contributed by atoms with E-state index in [0.717, 1.165) is 19.4 Å². The maximum absolute atomic E-state index is 11.6. The van der Waals surface area contributed by atoms with Crippen LogP contribution in [0.5, 0.6) is 0 Å². The van der Waals surface area contributed by atoms with E-state index in [0.29, 0.717) is 6.42 Å². The third-order valence-electron chi connectivity index (χ3n) is 3.16. The van der Waals surface area contributed by atoms with E-state index in [9.17, 15) is 9.59 Å². The van der Waals surface area contributed by atoms with Gasteiger partial charge in [0.2, 0.25) is 5.91 Å². The Bertz CT molecular complexity index is 253. The highest BCUT2D eigenvalue weighted by Gasteiger charge is 2.35. The van der Waals surface area contributed by atoms with Gasteiger partial charge in [0, 0.05) is 13.5 Å². The molecule has 0 aromatic carbocycles. The molecule has 1 saturated heterocycles. The summed E-state index contributed by atoms with van der Waals surface area (Å²) in [5.41, 5.74) is 0. The Morgan fingerprint density at radius 2 is 2.20 bits per heavy atom. The van der Waals surface area contributed by atoms with Crippen LogP contribution in [-0.4, -0.2) is 42.3 Å². The quantitative estimate of drug-likeness (QED) is 0.741. The zero-order valence-corrected chi connectivity index (χ0v) is 9.75. The number of carbonyl (C=O) groups is 2. The van der Waals surface area contributed by atoms with Crippen molar-refractivity contribution < 1.29 is 9.59 Å². The second-order valence-corrected chi connectivity index (χ2v) is 4.01. The largest absolute Gasteiger partial charge is 0.358 e. The molecule has 0 radical (unpaired) electrons. The van der Waals surface area contributed by atoms with Crippen molar-refractivity contribution in [1.29, 1.82) is 0 Å². The minimum absolute atomic E-state index is 0.0308. The fraction of sp³-hybridized carbons (Fsp3) is 0.818. The SMILES string of the molecule is CCC(=O)C(C)N1CCCC1C(=O)NC. The van der Waals surface area contributed by atoms with E-state index in [2.05, 4.69) is 5.32 Å². The van der Waals surface area contributed by atoms with Gasteiger partial charge in [-0.1, -0.05) is 6.92 Å². The molecule has 2 unspecified atom stereocenters. The lowest BCUT2D eigenvalue weighted by atomic mass is 10.1. The summed E-state index contributed by atoms with van der Waals surface area (Å²) < 4.78 is 0. The summed E-state index contributed by atoms with van der Waals surface area (Å²) in [6, 6.07) is -0.236.